The molecule has 3 nitrogen and oxygen atoms in total. The molecule has 130 valence electrons. The highest BCUT2D eigenvalue weighted by atomic mass is 35.5. The molecule has 2 aliphatic rings. The Morgan fingerprint density at radius 1 is 1.04 bits per heavy atom. The van der Waals surface area contributed by atoms with Crippen LogP contribution in [0.5, 0.6) is 0 Å². The summed E-state index contributed by atoms with van der Waals surface area (Å²) >= 11 is 12.6. The van der Waals surface area contributed by atoms with Gasteiger partial charge in [-0.3, -0.25) is 0 Å². The molecule has 25 heavy (non-hydrogen) atoms. The van der Waals surface area contributed by atoms with E-state index in [9.17, 15) is 0 Å². The molecule has 1 spiro atoms. The van der Waals surface area contributed by atoms with Gasteiger partial charge in [0, 0.05) is 11.6 Å². The van der Waals surface area contributed by atoms with Crippen molar-refractivity contribution in [1.29, 1.82) is 0 Å². The lowest BCUT2D eigenvalue weighted by atomic mass is 9.79. The SMILES string of the molecule is Clc1cc(Cl)c2c(c1)N=C(NCc1ccccc1)C1(CCCCC1)N2. The fourth-order valence-electron chi connectivity index (χ4n) is 3.81. The average Bonchev–Trinajstić information content (AvgIpc) is 2.62. The van der Waals surface area contributed by atoms with Crippen molar-refractivity contribution >= 4 is 40.4 Å². The maximum Gasteiger partial charge on any atom is 0.128 e. The van der Waals surface area contributed by atoms with E-state index in [0.29, 0.717) is 10.0 Å². The summed E-state index contributed by atoms with van der Waals surface area (Å²) in [6.07, 6.45) is 5.79. The minimum atomic E-state index is -0.155. The summed E-state index contributed by atoms with van der Waals surface area (Å²) in [7, 11) is 0. The summed E-state index contributed by atoms with van der Waals surface area (Å²) in [5.41, 5.74) is 2.80. The molecule has 0 saturated heterocycles. The lowest BCUT2D eigenvalue weighted by Gasteiger charge is -2.43. The summed E-state index contributed by atoms with van der Waals surface area (Å²) in [5, 5.41) is 8.53. The first-order chi connectivity index (χ1) is 12.2. The highest BCUT2D eigenvalue weighted by Gasteiger charge is 2.40. The molecule has 0 aromatic heterocycles. The van der Waals surface area contributed by atoms with Gasteiger partial charge in [0.1, 0.15) is 5.84 Å². The van der Waals surface area contributed by atoms with Gasteiger partial charge in [-0.15, -0.1) is 0 Å². The normalized spacial score (nSPS) is 18.2. The number of aliphatic imine (C=N–C) groups is 1. The van der Waals surface area contributed by atoms with Crippen LogP contribution in [0.2, 0.25) is 10.0 Å². The number of hydrogen-bond donors (Lipinski definition) is 2. The standard InChI is InChI=1S/C20H21Cl2N3/c21-15-11-16(22)18-17(12-15)24-19(20(25-18)9-5-2-6-10-20)23-13-14-7-3-1-4-8-14/h1,3-4,7-8,11-12,25H,2,5-6,9-10,13H2,(H,23,24). The minimum Gasteiger partial charge on any atom is -0.370 e. The Labute approximate surface area is 158 Å². The average molecular weight is 374 g/mol. The van der Waals surface area contributed by atoms with E-state index in [0.717, 1.165) is 36.6 Å². The Bertz CT molecular complexity index is 796. The molecular formula is C20H21Cl2N3. The van der Waals surface area contributed by atoms with Crippen LogP contribution in [0.4, 0.5) is 11.4 Å². The first kappa shape index (κ1) is 16.7. The number of fused-ring (bicyclic) bond motifs is 1. The quantitative estimate of drug-likeness (QED) is 0.682. The van der Waals surface area contributed by atoms with Crippen LogP contribution >= 0.6 is 23.2 Å². The lowest BCUT2D eigenvalue weighted by molar-refractivity contribution is 0.396. The molecule has 1 saturated carbocycles. The third-order valence-electron chi connectivity index (χ3n) is 5.09. The van der Waals surface area contributed by atoms with Gasteiger partial charge in [-0.1, -0.05) is 72.8 Å². The molecule has 4 rings (SSSR count). The van der Waals surface area contributed by atoms with Gasteiger partial charge < -0.3 is 10.6 Å². The number of nitrogens with one attached hydrogen (secondary N) is 2. The molecular weight excluding hydrogens is 353 g/mol. The van der Waals surface area contributed by atoms with Gasteiger partial charge >= 0.3 is 0 Å². The van der Waals surface area contributed by atoms with Crippen molar-refractivity contribution in [3.05, 3.63) is 58.1 Å². The van der Waals surface area contributed by atoms with Gasteiger partial charge in [-0.05, 0) is 30.5 Å². The van der Waals surface area contributed by atoms with E-state index in [4.69, 9.17) is 28.2 Å². The molecule has 2 aromatic rings. The third-order valence-corrected chi connectivity index (χ3v) is 5.61. The number of halogens is 2. The molecule has 0 amide bonds. The van der Waals surface area contributed by atoms with Crippen molar-refractivity contribution in [2.24, 2.45) is 4.99 Å². The van der Waals surface area contributed by atoms with Crippen LogP contribution in [-0.2, 0) is 6.54 Å². The second-order valence-corrected chi connectivity index (χ2v) is 7.69. The summed E-state index contributed by atoms with van der Waals surface area (Å²) < 4.78 is 0. The summed E-state index contributed by atoms with van der Waals surface area (Å²) in [6, 6.07) is 14.1. The first-order valence-corrected chi connectivity index (χ1v) is 9.56. The fourth-order valence-corrected chi connectivity index (χ4v) is 4.34. The van der Waals surface area contributed by atoms with Gasteiger partial charge in [0.2, 0.25) is 0 Å². The van der Waals surface area contributed by atoms with Crippen LogP contribution in [0.15, 0.2) is 47.5 Å². The molecule has 0 bridgehead atoms. The first-order valence-electron chi connectivity index (χ1n) is 8.80. The zero-order chi connectivity index (χ0) is 17.3. The highest BCUT2D eigenvalue weighted by Crippen LogP contribution is 2.44. The number of nitrogens with zero attached hydrogens (tertiary/aromatic N) is 1. The van der Waals surface area contributed by atoms with Gasteiger partial charge in [-0.2, -0.15) is 0 Å². The van der Waals surface area contributed by atoms with E-state index in [1.165, 1.54) is 24.8 Å². The zero-order valence-electron chi connectivity index (χ0n) is 14.0. The van der Waals surface area contributed by atoms with E-state index in [1.807, 2.05) is 12.1 Å². The summed E-state index contributed by atoms with van der Waals surface area (Å²) in [5.74, 6) is 1.00. The predicted octanol–water partition coefficient (Wildman–Crippen LogP) is 5.94. The van der Waals surface area contributed by atoms with E-state index in [2.05, 4.69) is 34.9 Å². The van der Waals surface area contributed by atoms with Crippen LogP contribution in [0, 0.1) is 0 Å². The smallest absolute Gasteiger partial charge is 0.128 e. The Hall–Kier alpha value is -1.71. The second kappa shape index (κ2) is 6.89. The van der Waals surface area contributed by atoms with E-state index >= 15 is 0 Å². The van der Waals surface area contributed by atoms with Crippen LogP contribution in [0.25, 0.3) is 0 Å². The Morgan fingerprint density at radius 3 is 2.56 bits per heavy atom. The Balaban J connectivity index is 1.69. The summed E-state index contributed by atoms with van der Waals surface area (Å²) in [6.45, 7) is 0.757. The number of anilines is 1. The predicted molar refractivity (Wildman–Crippen MR) is 106 cm³/mol. The number of amidine groups is 1. The summed E-state index contributed by atoms with van der Waals surface area (Å²) in [4.78, 5) is 4.93. The van der Waals surface area contributed by atoms with Crippen molar-refractivity contribution in [3.8, 4) is 0 Å². The molecule has 1 aliphatic heterocycles. The van der Waals surface area contributed by atoms with E-state index in [1.54, 1.807) is 6.07 Å². The maximum absolute atomic E-state index is 6.43. The third kappa shape index (κ3) is 3.36. The second-order valence-electron chi connectivity index (χ2n) is 6.85. The Kier molecular flexibility index (Phi) is 4.61. The van der Waals surface area contributed by atoms with Crippen molar-refractivity contribution in [1.82, 2.24) is 5.32 Å². The van der Waals surface area contributed by atoms with E-state index < -0.39 is 0 Å². The fraction of sp³-hybridized carbons (Fsp3) is 0.350. The van der Waals surface area contributed by atoms with Gasteiger partial charge in [0.05, 0.1) is 21.9 Å². The largest absolute Gasteiger partial charge is 0.370 e. The van der Waals surface area contributed by atoms with Crippen molar-refractivity contribution in [3.63, 3.8) is 0 Å². The van der Waals surface area contributed by atoms with Crippen LogP contribution in [0.1, 0.15) is 37.7 Å². The molecule has 1 fully saturated rings. The van der Waals surface area contributed by atoms with Crippen molar-refractivity contribution < 1.29 is 0 Å². The molecule has 0 radical (unpaired) electrons. The van der Waals surface area contributed by atoms with Crippen LogP contribution in [0.3, 0.4) is 0 Å². The van der Waals surface area contributed by atoms with Crippen LogP contribution < -0.4 is 10.6 Å². The molecule has 1 aliphatic carbocycles. The maximum atomic E-state index is 6.43. The minimum absolute atomic E-state index is 0.155. The Morgan fingerprint density at radius 2 is 1.80 bits per heavy atom. The molecule has 0 unspecified atom stereocenters. The van der Waals surface area contributed by atoms with Crippen molar-refractivity contribution in [2.75, 3.05) is 5.32 Å². The molecule has 2 aromatic carbocycles. The zero-order valence-corrected chi connectivity index (χ0v) is 15.5. The number of rotatable bonds is 2. The topological polar surface area (TPSA) is 36.4 Å². The lowest BCUT2D eigenvalue weighted by Crippen LogP contribution is -2.54. The van der Waals surface area contributed by atoms with Gasteiger partial charge in [0.15, 0.2) is 0 Å². The highest BCUT2D eigenvalue weighted by molar-refractivity contribution is 6.37. The molecule has 2 N–H and O–H groups in total. The van der Waals surface area contributed by atoms with E-state index in [-0.39, 0.29) is 5.54 Å². The molecule has 1 heterocycles. The molecule has 5 heteroatoms. The number of hydrogen-bond acceptors (Lipinski definition) is 3. The van der Waals surface area contributed by atoms with Crippen molar-refractivity contribution in [2.45, 2.75) is 44.2 Å². The van der Waals surface area contributed by atoms with Crippen LogP contribution in [-0.4, -0.2) is 11.4 Å². The monoisotopic (exact) mass is 373 g/mol. The van der Waals surface area contributed by atoms with Gasteiger partial charge in [-0.25, -0.2) is 4.99 Å². The number of benzene rings is 2. The van der Waals surface area contributed by atoms with Gasteiger partial charge in [0.25, 0.3) is 0 Å². The molecule has 0 atom stereocenters.